The van der Waals surface area contributed by atoms with Crippen LogP contribution in [-0.4, -0.2) is 42.1 Å². The molecule has 29 heavy (non-hydrogen) atoms. The first-order valence-corrected chi connectivity index (χ1v) is 9.72. The van der Waals surface area contributed by atoms with Crippen molar-refractivity contribution in [2.24, 2.45) is 4.99 Å². The topological polar surface area (TPSA) is 75.5 Å². The van der Waals surface area contributed by atoms with Gasteiger partial charge in [-0.15, -0.1) is 0 Å². The number of carbonyl (C=O) groups excluding carboxylic acids is 1. The van der Waals surface area contributed by atoms with Crippen molar-refractivity contribution in [3.8, 4) is 5.75 Å². The van der Waals surface area contributed by atoms with Crippen LogP contribution in [0.15, 0.2) is 86.7 Å². The van der Waals surface area contributed by atoms with E-state index < -0.39 is 12.0 Å². The first-order valence-electron chi connectivity index (χ1n) is 8.14. The maximum atomic E-state index is 11.6. The molecule has 0 saturated heterocycles. The first kappa shape index (κ1) is 27.4. The molecule has 0 N–H and O–H groups in total. The zero-order valence-corrected chi connectivity index (χ0v) is 21.5. The summed E-state index contributed by atoms with van der Waals surface area (Å²) in [7, 11) is 0. The molecule has 0 saturated carbocycles. The van der Waals surface area contributed by atoms with Gasteiger partial charge in [-0.1, -0.05) is 98.3 Å². The number of aliphatic imine (C=N–C) groups is 1. The third kappa shape index (κ3) is 12.5. The molecule has 0 aromatic heterocycles. The van der Waals surface area contributed by atoms with Gasteiger partial charge in [0.05, 0.1) is 12.0 Å². The molecule has 4 nitrogen and oxygen atoms in total. The number of aliphatic carboxylic acids is 1. The van der Waals surface area contributed by atoms with Crippen LogP contribution >= 0.6 is 31.9 Å². The van der Waals surface area contributed by atoms with Gasteiger partial charge in [0.15, 0.2) is 0 Å². The fraction of sp³-hybridized carbons (Fsp3) is 0.0909. The third-order valence-corrected chi connectivity index (χ3v) is 4.08. The monoisotopic (exact) mass is 621 g/mol. The van der Waals surface area contributed by atoms with Crippen molar-refractivity contribution in [2.75, 3.05) is 0 Å². The summed E-state index contributed by atoms with van der Waals surface area (Å²) in [5.41, 5.74) is 0.314. The van der Waals surface area contributed by atoms with Gasteiger partial charge in [0.2, 0.25) is 0 Å². The normalized spacial score (nSPS) is 10.4. The predicted octanol–water partition coefficient (Wildman–Crippen LogP) is 3.44. The maximum Gasteiger partial charge on any atom is 2.00 e. The van der Waals surface area contributed by atoms with E-state index in [1.807, 2.05) is 60.7 Å². The van der Waals surface area contributed by atoms with Crippen LogP contribution in [0, 0.1) is 12.1 Å². The van der Waals surface area contributed by atoms with E-state index in [2.05, 4.69) is 49.0 Å². The van der Waals surface area contributed by atoms with Gasteiger partial charge in [0, 0.05) is 15.2 Å². The van der Waals surface area contributed by atoms with Gasteiger partial charge >= 0.3 is 23.9 Å². The average Bonchev–Trinajstić information content (AvgIpc) is 2.72. The Balaban J connectivity index is 0.000000491. The fourth-order valence-electron chi connectivity index (χ4n) is 1.61. The zero-order chi connectivity index (χ0) is 20.8. The molecule has 7 heteroatoms. The Morgan fingerprint density at radius 3 is 1.83 bits per heavy atom. The Morgan fingerprint density at radius 1 is 1.00 bits per heavy atom. The predicted molar refractivity (Wildman–Crippen MR) is 120 cm³/mol. The minimum atomic E-state index is -1.28. The van der Waals surface area contributed by atoms with Crippen LogP contribution in [0.4, 0.5) is 0 Å². The Bertz CT molecular complexity index is 778. The van der Waals surface area contributed by atoms with Crippen LogP contribution < -0.4 is 10.2 Å². The summed E-state index contributed by atoms with van der Waals surface area (Å²) in [5, 5.41) is 22.0. The molecule has 0 bridgehead atoms. The van der Waals surface area contributed by atoms with Crippen LogP contribution in [0.2, 0.25) is 0 Å². The summed E-state index contributed by atoms with van der Waals surface area (Å²) in [4.78, 5) is 14.1. The molecule has 0 aliphatic heterocycles. The van der Waals surface area contributed by atoms with E-state index in [1.54, 1.807) is 12.1 Å². The Hall–Kier alpha value is -1.64. The summed E-state index contributed by atoms with van der Waals surface area (Å²) < 4.78 is 1.10. The van der Waals surface area contributed by atoms with E-state index in [-0.39, 0.29) is 29.7 Å². The van der Waals surface area contributed by atoms with Gasteiger partial charge in [0.25, 0.3) is 0 Å². The molecule has 0 fully saturated rings. The van der Waals surface area contributed by atoms with Crippen LogP contribution in [0.3, 0.4) is 0 Å². The Kier molecular flexibility index (Phi) is 15.3. The smallest absolute Gasteiger partial charge is 0.871 e. The molecule has 0 aliphatic rings. The largest absolute Gasteiger partial charge is 2.00 e. The second kappa shape index (κ2) is 16.2. The van der Waals surface area contributed by atoms with Crippen LogP contribution in [-0.2, 0) is 4.79 Å². The first-order chi connectivity index (χ1) is 13.4. The van der Waals surface area contributed by atoms with Gasteiger partial charge in [-0.25, -0.2) is 0 Å². The Labute approximate surface area is 204 Å². The van der Waals surface area contributed by atoms with E-state index in [9.17, 15) is 15.0 Å². The average molecular weight is 622 g/mol. The van der Waals surface area contributed by atoms with Crippen molar-refractivity contribution in [2.45, 2.75) is 13.0 Å². The summed E-state index contributed by atoms with van der Waals surface area (Å²) in [6, 6.07) is 27.2. The summed E-state index contributed by atoms with van der Waals surface area (Å²) in [6.07, 6.45) is 1.23. The van der Waals surface area contributed by atoms with Gasteiger partial charge in [0.1, 0.15) is 0 Å². The van der Waals surface area contributed by atoms with E-state index >= 15 is 0 Å². The zero-order valence-electron chi connectivity index (χ0n) is 15.5. The van der Waals surface area contributed by atoms with E-state index in [4.69, 9.17) is 0 Å². The number of carboxylic acid groups (broad SMARTS) is 1. The Morgan fingerprint density at radius 2 is 1.48 bits per heavy atom. The van der Waals surface area contributed by atoms with Crippen LogP contribution in [0.1, 0.15) is 12.5 Å². The summed E-state index contributed by atoms with van der Waals surface area (Å²) in [5.74, 6) is -1.52. The van der Waals surface area contributed by atoms with Crippen molar-refractivity contribution in [1.82, 2.24) is 0 Å². The molecule has 0 heterocycles. The number of hydrogen-bond acceptors (Lipinski definition) is 4. The quantitative estimate of drug-likeness (QED) is 0.332. The standard InChI is InChI=1S/C10H9Br2NO3.2C6H5.Sn/c1-5(10(15)16)13-4-6-2-7(11)3-8(12)9(6)14;2*1-2-4-6-5-3-1;/h2-5,14H,1H3,(H,15,16);2*1-5H;/q;;;+2/p-2. The molecule has 0 spiro atoms. The van der Waals surface area contributed by atoms with Gasteiger partial charge in [-0.2, -0.15) is 0 Å². The number of benzene rings is 3. The van der Waals surface area contributed by atoms with Crippen molar-refractivity contribution in [3.63, 3.8) is 0 Å². The number of carbonyl (C=O) groups is 1. The van der Waals surface area contributed by atoms with E-state index in [0.29, 0.717) is 14.5 Å². The SMILES string of the molecule is CC(N=Cc1cc(Br)cc(Br)c1[O-])C(=O)[O-].[Sn+2].[c]1ccccc1.[c]1ccccc1. The molecule has 4 radical (unpaired) electrons. The minimum absolute atomic E-state index is 0. The van der Waals surface area contributed by atoms with Crippen molar-refractivity contribution in [1.29, 1.82) is 0 Å². The van der Waals surface area contributed by atoms with Crippen LogP contribution in [0.5, 0.6) is 5.75 Å². The maximum absolute atomic E-state index is 11.6. The molecule has 3 aromatic carbocycles. The van der Waals surface area contributed by atoms with Gasteiger partial charge in [-0.05, 0) is 36.8 Å². The molecule has 3 rings (SSSR count). The van der Waals surface area contributed by atoms with Crippen LogP contribution in [0.25, 0.3) is 0 Å². The summed E-state index contributed by atoms with van der Waals surface area (Å²) in [6.45, 7) is 1.38. The molecular formula is C22H17Br2NO3Sn. The molecule has 0 amide bonds. The summed E-state index contributed by atoms with van der Waals surface area (Å²) >= 11 is 6.32. The number of halogens is 2. The number of hydrogen-bond donors (Lipinski definition) is 0. The third-order valence-electron chi connectivity index (χ3n) is 3.03. The van der Waals surface area contributed by atoms with Crippen molar-refractivity contribution in [3.05, 3.63) is 99.4 Å². The second-order valence-electron chi connectivity index (χ2n) is 5.23. The second-order valence-corrected chi connectivity index (χ2v) is 7.00. The van der Waals surface area contributed by atoms with Crippen molar-refractivity contribution >= 4 is 68.0 Å². The van der Waals surface area contributed by atoms with Crippen molar-refractivity contribution < 1.29 is 15.0 Å². The fourth-order valence-corrected chi connectivity index (χ4v) is 2.87. The number of nitrogens with zero attached hydrogens (tertiary/aromatic N) is 1. The molecule has 0 aliphatic carbocycles. The molecule has 1 unspecified atom stereocenters. The number of carboxylic acids is 1. The molecule has 146 valence electrons. The van der Waals surface area contributed by atoms with E-state index in [0.717, 1.165) is 0 Å². The van der Waals surface area contributed by atoms with Gasteiger partial charge < -0.3 is 15.0 Å². The van der Waals surface area contributed by atoms with E-state index in [1.165, 1.54) is 13.1 Å². The molecule has 1 atom stereocenters. The molecular weight excluding hydrogens is 605 g/mol. The number of rotatable bonds is 3. The minimum Gasteiger partial charge on any atom is -0.871 e. The van der Waals surface area contributed by atoms with Gasteiger partial charge in [-0.3, -0.25) is 4.99 Å². The molecule has 3 aromatic rings.